The summed E-state index contributed by atoms with van der Waals surface area (Å²) in [5, 5.41) is 0. The highest BCUT2D eigenvalue weighted by Gasteiger charge is 2.17. The number of hydrogen-bond acceptors (Lipinski definition) is 1. The first-order chi connectivity index (χ1) is 8.38. The molecular weight excluding hydrogens is 206 g/mol. The molecule has 1 heteroatoms. The van der Waals surface area contributed by atoms with Crippen LogP contribution in [0.25, 0.3) is 11.1 Å². The molecule has 0 unspecified atom stereocenters. The van der Waals surface area contributed by atoms with E-state index in [0.29, 0.717) is 6.54 Å². The lowest BCUT2D eigenvalue weighted by Gasteiger charge is -2.00. The lowest BCUT2D eigenvalue weighted by molar-refractivity contribution is 1.26. The van der Waals surface area contributed by atoms with Crippen molar-refractivity contribution in [2.75, 3.05) is 6.54 Å². The third kappa shape index (κ3) is 1.73. The highest BCUT2D eigenvalue weighted by atomic mass is 14.5. The number of rotatable bonds is 0. The highest BCUT2D eigenvalue weighted by Crippen LogP contribution is 2.36. The standard InChI is InChI=1S/C16H13N/c17-9-3-4-12-7-8-16-14(10-12)11-13-5-1-2-6-15(13)16/h1-2,5-8,10H,9,11,17H2. The molecule has 1 aliphatic rings. The summed E-state index contributed by atoms with van der Waals surface area (Å²) in [5.74, 6) is 5.98. The molecule has 0 radical (unpaired) electrons. The van der Waals surface area contributed by atoms with Gasteiger partial charge in [0.25, 0.3) is 0 Å². The van der Waals surface area contributed by atoms with Crippen molar-refractivity contribution in [1.29, 1.82) is 0 Å². The predicted octanol–water partition coefficient (Wildman–Crippen LogP) is 2.57. The van der Waals surface area contributed by atoms with Crippen molar-refractivity contribution in [2.24, 2.45) is 5.73 Å². The molecule has 0 saturated carbocycles. The van der Waals surface area contributed by atoms with Crippen molar-refractivity contribution < 1.29 is 0 Å². The fourth-order valence-electron chi connectivity index (χ4n) is 2.38. The molecule has 0 aromatic heterocycles. The minimum atomic E-state index is 0.414. The van der Waals surface area contributed by atoms with Crippen LogP contribution in [0.1, 0.15) is 16.7 Å². The van der Waals surface area contributed by atoms with Gasteiger partial charge in [-0.25, -0.2) is 0 Å². The third-order valence-corrected chi connectivity index (χ3v) is 3.13. The monoisotopic (exact) mass is 219 g/mol. The Balaban J connectivity index is 2.07. The average Bonchev–Trinajstić information content (AvgIpc) is 2.74. The van der Waals surface area contributed by atoms with Crippen LogP contribution in [0.5, 0.6) is 0 Å². The minimum Gasteiger partial charge on any atom is -0.320 e. The van der Waals surface area contributed by atoms with E-state index in [1.165, 1.54) is 22.3 Å². The van der Waals surface area contributed by atoms with Crippen molar-refractivity contribution in [3.05, 3.63) is 59.2 Å². The van der Waals surface area contributed by atoms with Crippen LogP contribution in [0, 0.1) is 11.8 Å². The Kier molecular flexibility index (Phi) is 2.44. The van der Waals surface area contributed by atoms with Crippen molar-refractivity contribution in [3.63, 3.8) is 0 Å². The van der Waals surface area contributed by atoms with Crippen molar-refractivity contribution in [2.45, 2.75) is 6.42 Å². The van der Waals surface area contributed by atoms with Gasteiger partial charge in [-0.05, 0) is 40.8 Å². The maximum Gasteiger partial charge on any atom is 0.0555 e. The Hall–Kier alpha value is -2.04. The smallest absolute Gasteiger partial charge is 0.0555 e. The van der Waals surface area contributed by atoms with Gasteiger partial charge in [0.15, 0.2) is 0 Å². The zero-order chi connectivity index (χ0) is 11.7. The molecule has 2 aromatic rings. The molecule has 82 valence electrons. The van der Waals surface area contributed by atoms with E-state index in [2.05, 4.69) is 54.3 Å². The van der Waals surface area contributed by atoms with Crippen LogP contribution in [0.2, 0.25) is 0 Å². The second-order valence-electron chi connectivity index (χ2n) is 4.21. The highest BCUT2D eigenvalue weighted by molar-refractivity contribution is 5.77. The van der Waals surface area contributed by atoms with Crippen LogP contribution in [0.3, 0.4) is 0 Å². The van der Waals surface area contributed by atoms with Gasteiger partial charge in [0.1, 0.15) is 0 Å². The Morgan fingerprint density at radius 2 is 1.82 bits per heavy atom. The SMILES string of the molecule is NCC#Cc1ccc2c(c1)Cc1ccccc1-2. The molecule has 0 aliphatic heterocycles. The molecule has 0 fully saturated rings. The second kappa shape index (κ2) is 4.08. The Bertz CT molecular complexity index is 629. The predicted molar refractivity (Wildman–Crippen MR) is 70.6 cm³/mol. The first-order valence-corrected chi connectivity index (χ1v) is 5.78. The van der Waals surface area contributed by atoms with Crippen LogP contribution < -0.4 is 5.73 Å². The number of hydrogen-bond donors (Lipinski definition) is 1. The molecule has 0 amide bonds. The summed E-state index contributed by atoms with van der Waals surface area (Å²) < 4.78 is 0. The summed E-state index contributed by atoms with van der Waals surface area (Å²) in [6, 6.07) is 15.0. The summed E-state index contributed by atoms with van der Waals surface area (Å²) in [6.07, 6.45) is 1.02. The second-order valence-corrected chi connectivity index (χ2v) is 4.21. The van der Waals surface area contributed by atoms with Gasteiger partial charge in [-0.2, -0.15) is 0 Å². The van der Waals surface area contributed by atoms with Crippen molar-refractivity contribution in [3.8, 4) is 23.0 Å². The fraction of sp³-hybridized carbons (Fsp3) is 0.125. The van der Waals surface area contributed by atoms with Gasteiger partial charge in [0, 0.05) is 5.56 Å². The number of benzene rings is 2. The lowest BCUT2D eigenvalue weighted by Crippen LogP contribution is -1.93. The van der Waals surface area contributed by atoms with Gasteiger partial charge in [-0.15, -0.1) is 0 Å². The molecule has 0 atom stereocenters. The van der Waals surface area contributed by atoms with Gasteiger partial charge < -0.3 is 5.73 Å². The Labute approximate surface area is 101 Å². The van der Waals surface area contributed by atoms with Crippen LogP contribution in [0.15, 0.2) is 42.5 Å². The Morgan fingerprint density at radius 1 is 1.00 bits per heavy atom. The molecule has 0 saturated heterocycles. The summed E-state index contributed by atoms with van der Waals surface area (Å²) in [6.45, 7) is 0.414. The number of nitrogens with two attached hydrogens (primary N) is 1. The Morgan fingerprint density at radius 3 is 2.71 bits per heavy atom. The van der Waals surface area contributed by atoms with Crippen molar-refractivity contribution in [1.82, 2.24) is 0 Å². The van der Waals surface area contributed by atoms with Gasteiger partial charge in [0.05, 0.1) is 6.54 Å². The molecule has 2 N–H and O–H groups in total. The van der Waals surface area contributed by atoms with Crippen molar-refractivity contribution >= 4 is 0 Å². The summed E-state index contributed by atoms with van der Waals surface area (Å²) in [4.78, 5) is 0. The summed E-state index contributed by atoms with van der Waals surface area (Å²) >= 11 is 0. The summed E-state index contributed by atoms with van der Waals surface area (Å²) in [7, 11) is 0. The maximum atomic E-state index is 5.38. The normalized spacial score (nSPS) is 11.4. The molecule has 0 bridgehead atoms. The first kappa shape index (κ1) is 10.1. The lowest BCUT2D eigenvalue weighted by atomic mass is 10.0. The zero-order valence-corrected chi connectivity index (χ0v) is 9.53. The molecule has 2 aromatic carbocycles. The van der Waals surface area contributed by atoms with E-state index in [1.807, 2.05) is 0 Å². The minimum absolute atomic E-state index is 0.414. The molecule has 1 nitrogen and oxygen atoms in total. The molecule has 3 rings (SSSR count). The van der Waals surface area contributed by atoms with E-state index in [0.717, 1.165) is 12.0 Å². The molecule has 0 spiro atoms. The largest absolute Gasteiger partial charge is 0.320 e. The topological polar surface area (TPSA) is 26.0 Å². The summed E-state index contributed by atoms with van der Waals surface area (Å²) in [5.41, 5.74) is 11.9. The number of fused-ring (bicyclic) bond motifs is 3. The van der Waals surface area contributed by atoms with E-state index in [9.17, 15) is 0 Å². The average molecular weight is 219 g/mol. The van der Waals surface area contributed by atoms with Gasteiger partial charge in [-0.3, -0.25) is 0 Å². The van der Waals surface area contributed by atoms with E-state index in [4.69, 9.17) is 5.73 Å². The van der Waals surface area contributed by atoms with E-state index < -0.39 is 0 Å². The van der Waals surface area contributed by atoms with Gasteiger partial charge in [-0.1, -0.05) is 42.2 Å². The fourth-order valence-corrected chi connectivity index (χ4v) is 2.38. The van der Waals surface area contributed by atoms with Crippen LogP contribution >= 0.6 is 0 Å². The zero-order valence-electron chi connectivity index (χ0n) is 9.53. The van der Waals surface area contributed by atoms with Crippen LogP contribution in [-0.4, -0.2) is 6.54 Å². The first-order valence-electron chi connectivity index (χ1n) is 5.78. The van der Waals surface area contributed by atoms with Crippen LogP contribution in [-0.2, 0) is 6.42 Å². The molecular formula is C16H13N. The van der Waals surface area contributed by atoms with Crippen LogP contribution in [0.4, 0.5) is 0 Å². The molecule has 1 aliphatic carbocycles. The van der Waals surface area contributed by atoms with E-state index in [-0.39, 0.29) is 0 Å². The molecule has 17 heavy (non-hydrogen) atoms. The maximum absolute atomic E-state index is 5.38. The van der Waals surface area contributed by atoms with E-state index in [1.54, 1.807) is 0 Å². The molecule has 0 heterocycles. The third-order valence-electron chi connectivity index (χ3n) is 3.13. The quantitative estimate of drug-likeness (QED) is 0.578. The van der Waals surface area contributed by atoms with Gasteiger partial charge >= 0.3 is 0 Å². The van der Waals surface area contributed by atoms with E-state index >= 15 is 0 Å². The van der Waals surface area contributed by atoms with Gasteiger partial charge in [0.2, 0.25) is 0 Å².